The summed E-state index contributed by atoms with van der Waals surface area (Å²) in [4.78, 5) is 16.5. The highest BCUT2D eigenvalue weighted by Crippen LogP contribution is 2.41. The van der Waals surface area contributed by atoms with Crippen molar-refractivity contribution in [3.63, 3.8) is 0 Å². The third-order valence-corrected chi connectivity index (χ3v) is 4.69. The molecule has 1 aromatic rings. The molecule has 0 aromatic heterocycles. The van der Waals surface area contributed by atoms with Gasteiger partial charge in [-0.15, -0.1) is 0 Å². The van der Waals surface area contributed by atoms with Crippen molar-refractivity contribution >= 4 is 34.1 Å². The van der Waals surface area contributed by atoms with E-state index < -0.39 is 5.24 Å². The van der Waals surface area contributed by atoms with Gasteiger partial charge in [0, 0.05) is 11.1 Å². The van der Waals surface area contributed by atoms with Crippen molar-refractivity contribution in [3.8, 4) is 0 Å². The second-order valence-electron chi connectivity index (χ2n) is 6.05. The molecule has 2 unspecified atom stereocenters. The van der Waals surface area contributed by atoms with E-state index in [1.165, 1.54) is 0 Å². The fraction of sp³-hybridized carbons (Fsp3) is 0.222. The van der Waals surface area contributed by atoms with Crippen LogP contribution in [0.5, 0.6) is 0 Å². The first-order valence-corrected chi connectivity index (χ1v) is 7.95. The molecular formula is C18H17ClN3O+. The largest absolute Gasteiger partial charge is 0.360 e. The van der Waals surface area contributed by atoms with Gasteiger partial charge in [-0.1, -0.05) is 24.3 Å². The highest BCUT2D eigenvalue weighted by molar-refractivity contribution is 6.74. The number of rotatable bonds is 1. The predicted molar refractivity (Wildman–Crippen MR) is 92.6 cm³/mol. The SMILES string of the molecule is C[N+](C)=C1N2C=CC=CC2C2C=C(C(=O)Cl)c3ccccc3N12. The molecule has 1 aromatic carbocycles. The Balaban J connectivity index is 1.98. The zero-order valence-corrected chi connectivity index (χ0v) is 13.7. The van der Waals surface area contributed by atoms with Crippen LogP contribution in [0.25, 0.3) is 5.57 Å². The van der Waals surface area contributed by atoms with Crippen LogP contribution < -0.4 is 4.90 Å². The lowest BCUT2D eigenvalue weighted by atomic mass is 9.93. The summed E-state index contributed by atoms with van der Waals surface area (Å²) in [7, 11) is 4.07. The molecule has 0 saturated carbocycles. The molecule has 0 aliphatic carbocycles. The zero-order chi connectivity index (χ0) is 16.1. The second kappa shape index (κ2) is 5.10. The molecule has 5 heteroatoms. The number of hydrogen-bond donors (Lipinski definition) is 0. The molecule has 23 heavy (non-hydrogen) atoms. The fourth-order valence-corrected chi connectivity index (χ4v) is 3.80. The van der Waals surface area contributed by atoms with Gasteiger partial charge in [0.05, 0.1) is 20.3 Å². The van der Waals surface area contributed by atoms with Crippen LogP contribution in [0.4, 0.5) is 5.69 Å². The van der Waals surface area contributed by atoms with Gasteiger partial charge >= 0.3 is 5.96 Å². The molecule has 0 N–H and O–H groups in total. The number of halogens is 1. The van der Waals surface area contributed by atoms with Crippen LogP contribution in [0.2, 0.25) is 0 Å². The van der Waals surface area contributed by atoms with Crippen LogP contribution in [-0.4, -0.2) is 46.9 Å². The molecule has 3 aliphatic rings. The van der Waals surface area contributed by atoms with Crippen molar-refractivity contribution in [2.45, 2.75) is 12.1 Å². The summed E-state index contributed by atoms with van der Waals surface area (Å²) in [6.45, 7) is 0. The first-order valence-electron chi connectivity index (χ1n) is 7.57. The first-order chi connectivity index (χ1) is 11.1. The van der Waals surface area contributed by atoms with E-state index in [0.29, 0.717) is 5.57 Å². The lowest BCUT2D eigenvalue weighted by molar-refractivity contribution is -0.470. The zero-order valence-electron chi connectivity index (χ0n) is 13.0. The van der Waals surface area contributed by atoms with E-state index in [4.69, 9.17) is 11.6 Å². The van der Waals surface area contributed by atoms with Crippen LogP contribution in [0, 0.1) is 0 Å². The summed E-state index contributed by atoms with van der Waals surface area (Å²) in [6, 6.07) is 8.12. The summed E-state index contributed by atoms with van der Waals surface area (Å²) >= 11 is 5.86. The molecule has 0 radical (unpaired) electrons. The Morgan fingerprint density at radius 1 is 1.17 bits per heavy atom. The van der Waals surface area contributed by atoms with Gasteiger partial charge in [0.15, 0.2) is 0 Å². The number of para-hydroxylation sites is 1. The number of nitrogens with zero attached hydrogens (tertiary/aromatic N) is 3. The number of benzene rings is 1. The summed E-state index contributed by atoms with van der Waals surface area (Å²) < 4.78 is 2.11. The van der Waals surface area contributed by atoms with Crippen LogP contribution in [0.1, 0.15) is 5.56 Å². The van der Waals surface area contributed by atoms with Crippen LogP contribution >= 0.6 is 11.6 Å². The first kappa shape index (κ1) is 14.3. The summed E-state index contributed by atoms with van der Waals surface area (Å²) in [5.74, 6) is 1.09. The summed E-state index contributed by atoms with van der Waals surface area (Å²) in [6.07, 6.45) is 10.3. The molecule has 0 bridgehead atoms. The average Bonchev–Trinajstić information content (AvgIpc) is 2.88. The summed E-state index contributed by atoms with van der Waals surface area (Å²) in [5.41, 5.74) is 2.49. The van der Waals surface area contributed by atoms with Gasteiger partial charge < -0.3 is 0 Å². The van der Waals surface area contributed by atoms with E-state index in [1.54, 1.807) is 0 Å². The lowest BCUT2D eigenvalue weighted by Gasteiger charge is -2.26. The van der Waals surface area contributed by atoms with E-state index in [2.05, 4.69) is 32.7 Å². The standard InChI is InChI=1S/C18H17ClN3O/c1-20(2)18-21-10-6-5-9-15(21)16-11-13(17(19)23)12-7-3-4-8-14(12)22(16)18/h3-11,15-16H,1-2H3/q+1. The fourth-order valence-electron chi connectivity index (χ4n) is 3.63. The van der Waals surface area contributed by atoms with Gasteiger partial charge in [-0.25, -0.2) is 9.80 Å². The number of hydrogen-bond acceptors (Lipinski definition) is 1. The van der Waals surface area contributed by atoms with Gasteiger partial charge in [-0.05, 0) is 35.9 Å². The monoisotopic (exact) mass is 326 g/mol. The smallest absolute Gasteiger partial charge is 0.276 e. The Kier molecular flexibility index (Phi) is 3.16. The van der Waals surface area contributed by atoms with E-state index in [0.717, 1.165) is 17.2 Å². The summed E-state index contributed by atoms with van der Waals surface area (Å²) in [5, 5.41) is -0.405. The number of fused-ring (bicyclic) bond motifs is 5. The molecule has 116 valence electrons. The molecule has 1 saturated heterocycles. The predicted octanol–water partition coefficient (Wildman–Crippen LogP) is 2.42. The average molecular weight is 327 g/mol. The van der Waals surface area contributed by atoms with Gasteiger partial charge in [0.2, 0.25) is 0 Å². The van der Waals surface area contributed by atoms with Gasteiger partial charge in [-0.3, -0.25) is 9.37 Å². The lowest BCUT2D eigenvalue weighted by Crippen LogP contribution is -2.41. The van der Waals surface area contributed by atoms with Crippen molar-refractivity contribution in [2.24, 2.45) is 0 Å². The van der Waals surface area contributed by atoms with Crippen LogP contribution in [0.15, 0.2) is 54.8 Å². The van der Waals surface area contributed by atoms with E-state index in [9.17, 15) is 4.79 Å². The minimum atomic E-state index is -0.405. The van der Waals surface area contributed by atoms with Crippen molar-refractivity contribution < 1.29 is 9.37 Å². The Morgan fingerprint density at radius 2 is 1.96 bits per heavy atom. The maximum absolute atomic E-state index is 11.9. The number of carbonyl (C=O) groups excluding carboxylic acids is 1. The van der Waals surface area contributed by atoms with E-state index in [1.807, 2.05) is 50.5 Å². The van der Waals surface area contributed by atoms with Gasteiger partial charge in [0.25, 0.3) is 5.24 Å². The van der Waals surface area contributed by atoms with Crippen molar-refractivity contribution in [3.05, 3.63) is 60.3 Å². The van der Waals surface area contributed by atoms with Crippen LogP contribution in [0.3, 0.4) is 0 Å². The molecular weight excluding hydrogens is 310 g/mol. The third-order valence-electron chi connectivity index (χ3n) is 4.48. The van der Waals surface area contributed by atoms with E-state index >= 15 is 0 Å². The van der Waals surface area contributed by atoms with Crippen molar-refractivity contribution in [1.82, 2.24) is 4.90 Å². The minimum absolute atomic E-state index is 0.0428. The Bertz CT molecular complexity index is 817. The molecule has 1 fully saturated rings. The molecule has 4 nitrogen and oxygen atoms in total. The van der Waals surface area contributed by atoms with E-state index in [-0.39, 0.29) is 12.1 Å². The second-order valence-corrected chi connectivity index (χ2v) is 6.39. The highest BCUT2D eigenvalue weighted by atomic mass is 35.5. The molecule has 3 aliphatic heterocycles. The topological polar surface area (TPSA) is 26.6 Å². The maximum atomic E-state index is 11.9. The molecule has 0 amide bonds. The number of carbonyl (C=O) groups is 1. The van der Waals surface area contributed by atoms with Gasteiger partial charge in [0.1, 0.15) is 17.8 Å². The molecule has 3 heterocycles. The number of guanidine groups is 1. The number of anilines is 1. The van der Waals surface area contributed by atoms with Crippen LogP contribution in [-0.2, 0) is 4.79 Å². The highest BCUT2D eigenvalue weighted by Gasteiger charge is 2.52. The third kappa shape index (κ3) is 1.98. The van der Waals surface area contributed by atoms with Crippen molar-refractivity contribution in [2.75, 3.05) is 19.0 Å². The van der Waals surface area contributed by atoms with Gasteiger partial charge in [-0.2, -0.15) is 0 Å². The normalized spacial score (nSPS) is 24.1. The molecule has 4 rings (SSSR count). The Morgan fingerprint density at radius 3 is 2.70 bits per heavy atom. The molecule has 2 atom stereocenters. The minimum Gasteiger partial charge on any atom is -0.276 e. The quantitative estimate of drug-likeness (QED) is 0.586. The maximum Gasteiger partial charge on any atom is 0.360 e. The molecule has 0 spiro atoms. The number of allylic oxidation sites excluding steroid dienone is 3. The van der Waals surface area contributed by atoms with Crippen molar-refractivity contribution in [1.29, 1.82) is 0 Å². The Labute approximate surface area is 140 Å². The Hall–Kier alpha value is -2.33.